The van der Waals surface area contributed by atoms with Crippen molar-refractivity contribution in [3.63, 3.8) is 0 Å². The van der Waals surface area contributed by atoms with Gasteiger partial charge in [-0.15, -0.1) is 0 Å². The second kappa shape index (κ2) is 6.02. The molecule has 1 aliphatic heterocycles. The lowest BCUT2D eigenvalue weighted by molar-refractivity contribution is 0.258. The number of hydrogen-bond donors (Lipinski definition) is 0. The minimum absolute atomic E-state index is 0.114. The van der Waals surface area contributed by atoms with Crippen LogP contribution in [0.25, 0.3) is 0 Å². The Balaban J connectivity index is 2.23. The summed E-state index contributed by atoms with van der Waals surface area (Å²) < 4.78 is 13.8. The van der Waals surface area contributed by atoms with E-state index in [0.29, 0.717) is 11.4 Å². The maximum atomic E-state index is 13.8. The van der Waals surface area contributed by atoms with E-state index in [1.165, 1.54) is 18.9 Å². The molecular formula is C14H20BrFN2. The van der Waals surface area contributed by atoms with E-state index in [4.69, 9.17) is 0 Å². The van der Waals surface area contributed by atoms with Gasteiger partial charge in [-0.3, -0.25) is 0 Å². The van der Waals surface area contributed by atoms with Crippen LogP contribution in [0, 0.1) is 5.82 Å². The van der Waals surface area contributed by atoms with Crippen molar-refractivity contribution in [1.82, 2.24) is 4.90 Å². The largest absolute Gasteiger partial charge is 0.370 e. The smallest absolute Gasteiger partial charge is 0.129 e. The normalized spacial score (nSPS) is 20.5. The number of halogens is 2. The predicted molar refractivity (Wildman–Crippen MR) is 78.0 cm³/mol. The molecule has 1 unspecified atom stereocenters. The van der Waals surface area contributed by atoms with E-state index in [1.54, 1.807) is 6.07 Å². The molecule has 0 radical (unpaired) electrons. The van der Waals surface area contributed by atoms with Gasteiger partial charge >= 0.3 is 0 Å². The molecule has 18 heavy (non-hydrogen) atoms. The molecule has 0 bridgehead atoms. The van der Waals surface area contributed by atoms with Gasteiger partial charge in [-0.25, -0.2) is 4.39 Å². The molecule has 1 saturated heterocycles. The SMILES string of the molecule is CN(C)C1CCCN(c2cccc(F)c2CBr)C1. The van der Waals surface area contributed by atoms with Gasteiger partial charge in [-0.05, 0) is 39.1 Å². The quantitative estimate of drug-likeness (QED) is 0.790. The summed E-state index contributed by atoms with van der Waals surface area (Å²) >= 11 is 3.39. The number of rotatable bonds is 3. The van der Waals surface area contributed by atoms with Crippen molar-refractivity contribution in [1.29, 1.82) is 0 Å². The summed E-state index contributed by atoms with van der Waals surface area (Å²) in [7, 11) is 4.23. The summed E-state index contributed by atoms with van der Waals surface area (Å²) in [6.07, 6.45) is 2.39. The van der Waals surface area contributed by atoms with Crippen LogP contribution < -0.4 is 4.90 Å². The van der Waals surface area contributed by atoms with Crippen LogP contribution in [0.5, 0.6) is 0 Å². The molecule has 1 heterocycles. The molecule has 0 N–H and O–H groups in total. The number of piperidine rings is 1. The zero-order valence-corrected chi connectivity index (χ0v) is 12.6. The lowest BCUT2D eigenvalue weighted by Gasteiger charge is -2.38. The van der Waals surface area contributed by atoms with Crippen molar-refractivity contribution >= 4 is 21.6 Å². The van der Waals surface area contributed by atoms with Gasteiger partial charge in [0.25, 0.3) is 0 Å². The summed E-state index contributed by atoms with van der Waals surface area (Å²) in [5.41, 5.74) is 1.82. The van der Waals surface area contributed by atoms with E-state index in [9.17, 15) is 4.39 Å². The van der Waals surface area contributed by atoms with Gasteiger partial charge in [0.2, 0.25) is 0 Å². The van der Waals surface area contributed by atoms with Crippen molar-refractivity contribution in [2.24, 2.45) is 0 Å². The average molecular weight is 315 g/mol. The van der Waals surface area contributed by atoms with Crippen LogP contribution in [0.15, 0.2) is 18.2 Å². The van der Waals surface area contributed by atoms with Gasteiger partial charge in [0, 0.05) is 35.7 Å². The first-order chi connectivity index (χ1) is 8.63. The second-order valence-electron chi connectivity index (χ2n) is 5.08. The molecular weight excluding hydrogens is 295 g/mol. The van der Waals surface area contributed by atoms with E-state index >= 15 is 0 Å². The Morgan fingerprint density at radius 1 is 1.44 bits per heavy atom. The van der Waals surface area contributed by atoms with Gasteiger partial charge in [-0.1, -0.05) is 22.0 Å². The summed E-state index contributed by atoms with van der Waals surface area (Å²) in [5.74, 6) is -0.114. The molecule has 1 atom stereocenters. The molecule has 1 fully saturated rings. The average Bonchev–Trinajstić information content (AvgIpc) is 2.38. The summed E-state index contributed by atoms with van der Waals surface area (Å²) in [4.78, 5) is 4.58. The zero-order valence-electron chi connectivity index (χ0n) is 11.0. The Labute approximate surface area is 117 Å². The van der Waals surface area contributed by atoms with Gasteiger partial charge in [0.15, 0.2) is 0 Å². The van der Waals surface area contributed by atoms with Gasteiger partial charge in [-0.2, -0.15) is 0 Å². The van der Waals surface area contributed by atoms with Crippen LogP contribution in [0.3, 0.4) is 0 Å². The first kappa shape index (κ1) is 13.8. The number of anilines is 1. The fourth-order valence-corrected chi connectivity index (χ4v) is 3.13. The number of alkyl halides is 1. The minimum atomic E-state index is -0.114. The second-order valence-corrected chi connectivity index (χ2v) is 5.64. The highest BCUT2D eigenvalue weighted by Crippen LogP contribution is 2.28. The highest BCUT2D eigenvalue weighted by molar-refractivity contribution is 9.08. The van der Waals surface area contributed by atoms with Crippen LogP contribution >= 0.6 is 15.9 Å². The van der Waals surface area contributed by atoms with Crippen molar-refractivity contribution in [3.05, 3.63) is 29.6 Å². The molecule has 0 amide bonds. The summed E-state index contributed by atoms with van der Waals surface area (Å²) in [5, 5.41) is 0.568. The fraction of sp³-hybridized carbons (Fsp3) is 0.571. The molecule has 100 valence electrons. The Morgan fingerprint density at radius 2 is 2.22 bits per heavy atom. The lowest BCUT2D eigenvalue weighted by Crippen LogP contribution is -2.45. The monoisotopic (exact) mass is 314 g/mol. The molecule has 0 aliphatic carbocycles. The Hall–Kier alpha value is -0.610. The van der Waals surface area contributed by atoms with Crippen LogP contribution in [0.4, 0.5) is 10.1 Å². The maximum Gasteiger partial charge on any atom is 0.129 e. The van der Waals surface area contributed by atoms with E-state index < -0.39 is 0 Å². The number of hydrogen-bond acceptors (Lipinski definition) is 2. The Kier molecular flexibility index (Phi) is 4.62. The van der Waals surface area contributed by atoms with E-state index in [2.05, 4.69) is 39.8 Å². The molecule has 0 saturated carbocycles. The lowest BCUT2D eigenvalue weighted by atomic mass is 10.0. The highest BCUT2D eigenvalue weighted by atomic mass is 79.9. The van der Waals surface area contributed by atoms with Crippen molar-refractivity contribution in [3.8, 4) is 0 Å². The predicted octanol–water partition coefficient (Wildman–Crippen LogP) is 3.25. The standard InChI is InChI=1S/C14H20BrFN2/c1-17(2)11-5-4-8-18(10-11)14-7-3-6-13(16)12(14)9-15/h3,6-7,11H,4-5,8-10H2,1-2H3. The van der Waals surface area contributed by atoms with Crippen molar-refractivity contribution < 1.29 is 4.39 Å². The molecule has 1 aromatic rings. The minimum Gasteiger partial charge on any atom is -0.370 e. The molecule has 4 heteroatoms. The molecule has 0 spiro atoms. The van der Waals surface area contributed by atoms with E-state index in [-0.39, 0.29) is 5.82 Å². The molecule has 2 nitrogen and oxygen atoms in total. The third-order valence-corrected chi connectivity index (χ3v) is 4.26. The summed E-state index contributed by atoms with van der Waals surface area (Å²) in [6.45, 7) is 2.00. The van der Waals surface area contributed by atoms with Gasteiger partial charge in [0.05, 0.1) is 0 Å². The van der Waals surface area contributed by atoms with Crippen LogP contribution in [0.2, 0.25) is 0 Å². The molecule has 0 aromatic heterocycles. The highest BCUT2D eigenvalue weighted by Gasteiger charge is 2.23. The Bertz CT molecular complexity index is 409. The van der Waals surface area contributed by atoms with E-state index in [1.807, 2.05) is 6.07 Å². The van der Waals surface area contributed by atoms with E-state index in [0.717, 1.165) is 24.3 Å². The third kappa shape index (κ3) is 2.86. The maximum absolute atomic E-state index is 13.8. The van der Waals surface area contributed by atoms with Gasteiger partial charge in [0.1, 0.15) is 5.82 Å². The number of benzene rings is 1. The first-order valence-electron chi connectivity index (χ1n) is 6.38. The molecule has 1 aliphatic rings. The zero-order chi connectivity index (χ0) is 13.1. The van der Waals surface area contributed by atoms with Crippen molar-refractivity contribution in [2.75, 3.05) is 32.1 Å². The Morgan fingerprint density at radius 3 is 2.89 bits per heavy atom. The third-order valence-electron chi connectivity index (χ3n) is 3.70. The van der Waals surface area contributed by atoms with Crippen LogP contribution in [-0.4, -0.2) is 38.1 Å². The van der Waals surface area contributed by atoms with Gasteiger partial charge < -0.3 is 9.80 Å². The van der Waals surface area contributed by atoms with Crippen molar-refractivity contribution in [2.45, 2.75) is 24.2 Å². The molecule has 1 aromatic carbocycles. The number of nitrogens with zero attached hydrogens (tertiary/aromatic N) is 2. The van der Waals surface area contributed by atoms with Crippen LogP contribution in [-0.2, 0) is 5.33 Å². The topological polar surface area (TPSA) is 6.48 Å². The first-order valence-corrected chi connectivity index (χ1v) is 7.50. The number of likely N-dealkylation sites (N-methyl/N-ethyl adjacent to an activating group) is 1. The van der Waals surface area contributed by atoms with Crippen LogP contribution in [0.1, 0.15) is 18.4 Å². The fourth-order valence-electron chi connectivity index (χ4n) is 2.57. The molecule has 2 rings (SSSR count). The summed E-state index contributed by atoms with van der Waals surface area (Å²) in [6, 6.07) is 5.92.